The maximum absolute atomic E-state index is 12.4. The lowest BCUT2D eigenvalue weighted by Crippen LogP contribution is -2.20. The van der Waals surface area contributed by atoms with Gasteiger partial charge in [0.15, 0.2) is 0 Å². The minimum Gasteiger partial charge on any atom is -0.453 e. The molecule has 0 unspecified atom stereocenters. The van der Waals surface area contributed by atoms with Crippen LogP contribution >= 0.6 is 11.6 Å². The third-order valence-electron chi connectivity index (χ3n) is 4.91. The number of rotatable bonds is 7. The molecule has 4 aromatic rings. The van der Waals surface area contributed by atoms with E-state index in [9.17, 15) is 9.59 Å². The average Bonchev–Trinajstić information content (AvgIpc) is 3.41. The predicted octanol–water partition coefficient (Wildman–Crippen LogP) is 3.89. The first-order valence-electron chi connectivity index (χ1n) is 10.4. The molecule has 0 aliphatic heterocycles. The van der Waals surface area contributed by atoms with Gasteiger partial charge < -0.3 is 10.1 Å². The van der Waals surface area contributed by atoms with Gasteiger partial charge in [-0.2, -0.15) is 4.68 Å². The van der Waals surface area contributed by atoms with Crippen LogP contribution in [0.3, 0.4) is 0 Å². The first kappa shape index (κ1) is 23.6. The van der Waals surface area contributed by atoms with Gasteiger partial charge in [-0.05, 0) is 70.1 Å². The lowest BCUT2D eigenvalue weighted by atomic mass is 10.1. The topological polar surface area (TPSA) is 124 Å². The number of aromatic nitrogens is 5. The number of ether oxygens (including phenoxy) is 1. The van der Waals surface area contributed by atoms with Crippen LogP contribution in [0.1, 0.15) is 11.3 Å². The molecule has 0 fully saturated rings. The number of hydrogen-bond donors (Lipinski definition) is 2. The number of nitrogens with one attached hydrogen (secondary N) is 2. The van der Waals surface area contributed by atoms with Crippen molar-refractivity contribution in [2.75, 3.05) is 12.4 Å². The molecular formula is C24H20ClN7O3. The van der Waals surface area contributed by atoms with E-state index in [0.717, 1.165) is 11.1 Å². The summed E-state index contributed by atoms with van der Waals surface area (Å²) >= 11 is 6.11. The number of carbonyl (C=O) groups excluding carboxylic acids is 2. The zero-order valence-electron chi connectivity index (χ0n) is 18.6. The molecule has 2 amide bonds. The monoisotopic (exact) mass is 489 g/mol. The van der Waals surface area contributed by atoms with Crippen LogP contribution in [0.4, 0.5) is 10.5 Å². The maximum atomic E-state index is 12.4. The molecule has 2 aromatic carbocycles. The van der Waals surface area contributed by atoms with Gasteiger partial charge >= 0.3 is 6.09 Å². The van der Waals surface area contributed by atoms with Crippen molar-refractivity contribution >= 4 is 35.4 Å². The van der Waals surface area contributed by atoms with Crippen molar-refractivity contribution in [1.82, 2.24) is 30.5 Å². The van der Waals surface area contributed by atoms with E-state index in [1.54, 1.807) is 42.6 Å². The molecule has 11 heteroatoms. The van der Waals surface area contributed by atoms with Crippen LogP contribution in [0, 0.1) is 0 Å². The Labute approximate surface area is 205 Å². The summed E-state index contributed by atoms with van der Waals surface area (Å²) in [6, 6.07) is 16.3. The van der Waals surface area contributed by atoms with Crippen LogP contribution in [-0.4, -0.2) is 44.3 Å². The van der Waals surface area contributed by atoms with Crippen molar-refractivity contribution in [1.29, 1.82) is 0 Å². The van der Waals surface area contributed by atoms with Gasteiger partial charge in [0, 0.05) is 28.5 Å². The molecule has 0 bridgehead atoms. The fourth-order valence-corrected chi connectivity index (χ4v) is 3.39. The van der Waals surface area contributed by atoms with Crippen molar-refractivity contribution in [2.24, 2.45) is 0 Å². The summed E-state index contributed by atoms with van der Waals surface area (Å²) in [6.07, 6.45) is 5.67. The first-order valence-corrected chi connectivity index (χ1v) is 10.8. The molecule has 0 saturated carbocycles. The van der Waals surface area contributed by atoms with E-state index in [4.69, 9.17) is 11.6 Å². The van der Waals surface area contributed by atoms with Crippen LogP contribution in [0.5, 0.6) is 0 Å². The highest BCUT2D eigenvalue weighted by Gasteiger charge is 2.07. The van der Waals surface area contributed by atoms with Crippen LogP contribution < -0.4 is 10.6 Å². The number of amides is 2. The van der Waals surface area contributed by atoms with Crippen molar-refractivity contribution in [3.8, 4) is 16.8 Å². The van der Waals surface area contributed by atoms with Crippen molar-refractivity contribution in [2.45, 2.75) is 6.54 Å². The lowest BCUT2D eigenvalue weighted by molar-refractivity contribution is -0.116. The SMILES string of the molecule is COC(=O)Nc1ccc(-c2ccnc(CNC(=O)C=Cc3cc(Cl)ccc3-n3cnnn3)c2)cc1. The van der Waals surface area contributed by atoms with E-state index < -0.39 is 6.09 Å². The van der Waals surface area contributed by atoms with Gasteiger partial charge in [-0.25, -0.2) is 4.79 Å². The van der Waals surface area contributed by atoms with E-state index >= 15 is 0 Å². The Hall–Kier alpha value is -4.57. The van der Waals surface area contributed by atoms with Crippen molar-refractivity contribution < 1.29 is 14.3 Å². The highest BCUT2D eigenvalue weighted by molar-refractivity contribution is 6.30. The largest absolute Gasteiger partial charge is 0.453 e. The molecule has 35 heavy (non-hydrogen) atoms. The Morgan fingerprint density at radius 1 is 1.09 bits per heavy atom. The summed E-state index contributed by atoms with van der Waals surface area (Å²) in [5.74, 6) is -0.293. The smallest absolute Gasteiger partial charge is 0.411 e. The molecule has 4 rings (SSSR count). The van der Waals surface area contributed by atoms with Gasteiger partial charge in [0.25, 0.3) is 0 Å². The number of nitrogens with zero attached hydrogens (tertiary/aromatic N) is 5. The number of anilines is 1. The van der Waals surface area contributed by atoms with Crippen molar-refractivity contribution in [3.05, 3.63) is 89.5 Å². The molecule has 2 aromatic heterocycles. The number of carbonyl (C=O) groups is 2. The van der Waals surface area contributed by atoms with E-state index in [-0.39, 0.29) is 12.5 Å². The summed E-state index contributed by atoms with van der Waals surface area (Å²) in [4.78, 5) is 28.1. The number of hydrogen-bond acceptors (Lipinski definition) is 7. The van der Waals surface area contributed by atoms with Gasteiger partial charge in [0.05, 0.1) is 25.0 Å². The number of pyridine rings is 1. The Morgan fingerprint density at radius 3 is 2.66 bits per heavy atom. The van der Waals surface area contributed by atoms with Crippen LogP contribution in [0.2, 0.25) is 5.02 Å². The Morgan fingerprint density at radius 2 is 1.91 bits per heavy atom. The molecule has 2 N–H and O–H groups in total. The average molecular weight is 490 g/mol. The maximum Gasteiger partial charge on any atom is 0.411 e. The molecule has 0 spiro atoms. The standard InChI is InChI=1S/C24H20ClN7O3/c1-35-24(34)29-20-6-2-16(3-7-20)17-10-11-26-21(13-17)14-27-23(33)9-4-18-12-19(25)5-8-22(18)32-15-28-30-31-32/h2-13,15H,14H2,1H3,(H,27,33)(H,29,34). The van der Waals surface area contributed by atoms with E-state index in [1.165, 1.54) is 24.2 Å². The minimum absolute atomic E-state index is 0.244. The number of tetrazole rings is 1. The Bertz CT molecular complexity index is 1360. The van der Waals surface area contributed by atoms with Gasteiger partial charge in [0.2, 0.25) is 5.91 Å². The Balaban J connectivity index is 1.40. The number of methoxy groups -OCH3 is 1. The second-order valence-corrected chi connectivity index (χ2v) is 7.67. The molecule has 0 atom stereocenters. The second kappa shape index (κ2) is 11.0. The lowest BCUT2D eigenvalue weighted by Gasteiger charge is -2.08. The summed E-state index contributed by atoms with van der Waals surface area (Å²) < 4.78 is 6.08. The Kier molecular flexibility index (Phi) is 7.44. The second-order valence-electron chi connectivity index (χ2n) is 7.24. The van der Waals surface area contributed by atoms with E-state index in [1.807, 2.05) is 24.3 Å². The van der Waals surface area contributed by atoms with Crippen molar-refractivity contribution in [3.63, 3.8) is 0 Å². The van der Waals surface area contributed by atoms with Gasteiger partial charge in [-0.15, -0.1) is 5.10 Å². The summed E-state index contributed by atoms with van der Waals surface area (Å²) in [7, 11) is 1.31. The highest BCUT2D eigenvalue weighted by atomic mass is 35.5. The highest BCUT2D eigenvalue weighted by Crippen LogP contribution is 2.22. The fraction of sp³-hybridized carbons (Fsp3) is 0.0833. The molecular weight excluding hydrogens is 470 g/mol. The van der Waals surface area contributed by atoms with Gasteiger partial charge in [0.1, 0.15) is 6.33 Å². The predicted molar refractivity (Wildman–Crippen MR) is 131 cm³/mol. The van der Waals surface area contributed by atoms with E-state index in [2.05, 4.69) is 35.9 Å². The first-order chi connectivity index (χ1) is 17.0. The number of benzene rings is 2. The third kappa shape index (κ3) is 6.27. The molecule has 0 aliphatic rings. The van der Waals surface area contributed by atoms with E-state index in [0.29, 0.717) is 27.7 Å². The zero-order chi connectivity index (χ0) is 24.6. The normalized spacial score (nSPS) is 10.8. The summed E-state index contributed by atoms with van der Waals surface area (Å²) in [6.45, 7) is 0.244. The molecule has 10 nitrogen and oxygen atoms in total. The summed E-state index contributed by atoms with van der Waals surface area (Å²) in [5.41, 5.74) is 4.55. The molecule has 2 heterocycles. The fourth-order valence-electron chi connectivity index (χ4n) is 3.21. The zero-order valence-corrected chi connectivity index (χ0v) is 19.3. The number of halogens is 1. The molecule has 0 aliphatic carbocycles. The van der Waals surface area contributed by atoms with Crippen LogP contribution in [0.25, 0.3) is 22.9 Å². The quantitative estimate of drug-likeness (QED) is 0.377. The van der Waals surface area contributed by atoms with Crippen LogP contribution in [0.15, 0.2) is 73.2 Å². The molecule has 0 radical (unpaired) electrons. The van der Waals surface area contributed by atoms with Gasteiger partial charge in [-0.1, -0.05) is 23.7 Å². The minimum atomic E-state index is -0.532. The summed E-state index contributed by atoms with van der Waals surface area (Å²) in [5, 5.41) is 17.1. The molecule has 176 valence electrons. The molecule has 0 saturated heterocycles. The van der Waals surface area contributed by atoms with Crippen LogP contribution in [-0.2, 0) is 16.1 Å². The third-order valence-corrected chi connectivity index (χ3v) is 5.15. The van der Waals surface area contributed by atoms with Gasteiger partial charge in [-0.3, -0.25) is 15.1 Å².